The van der Waals surface area contributed by atoms with Gasteiger partial charge >= 0.3 is 0 Å². The zero-order valence-corrected chi connectivity index (χ0v) is 10.7. The summed E-state index contributed by atoms with van der Waals surface area (Å²) >= 11 is 0. The van der Waals surface area contributed by atoms with E-state index in [1.165, 1.54) is 18.5 Å². The van der Waals surface area contributed by atoms with Crippen molar-refractivity contribution in [3.8, 4) is 0 Å². The summed E-state index contributed by atoms with van der Waals surface area (Å²) < 4.78 is 0. The van der Waals surface area contributed by atoms with Crippen LogP contribution in [0.3, 0.4) is 0 Å². The fourth-order valence-electron chi connectivity index (χ4n) is 2.07. The number of nitrogens with zero attached hydrogens (tertiary/aromatic N) is 2. The highest BCUT2D eigenvalue weighted by Gasteiger charge is 2.03. The normalized spacial score (nSPS) is 11.0. The first-order valence-corrected chi connectivity index (χ1v) is 6.31. The van der Waals surface area contributed by atoms with Crippen molar-refractivity contribution in [2.45, 2.75) is 0 Å². The van der Waals surface area contributed by atoms with Gasteiger partial charge in [-0.1, -0.05) is 48.5 Å². The van der Waals surface area contributed by atoms with Gasteiger partial charge in [0.1, 0.15) is 5.69 Å². The molecule has 1 aromatic heterocycles. The second kappa shape index (κ2) is 5.45. The Labute approximate surface area is 116 Å². The summed E-state index contributed by atoms with van der Waals surface area (Å²) in [4.78, 5) is 19.8. The molecular formula is C17H12N2O. The predicted octanol–water partition coefficient (Wildman–Crippen LogP) is 3.53. The molecule has 96 valence electrons. The minimum absolute atomic E-state index is 0.147. The monoisotopic (exact) mass is 260 g/mol. The fourth-order valence-corrected chi connectivity index (χ4v) is 2.07. The highest BCUT2D eigenvalue weighted by atomic mass is 16.1. The molecular weight excluding hydrogens is 248 g/mol. The zero-order valence-electron chi connectivity index (χ0n) is 10.7. The molecule has 0 aliphatic carbocycles. The van der Waals surface area contributed by atoms with Crippen molar-refractivity contribution >= 4 is 22.6 Å². The fraction of sp³-hybridized carbons (Fsp3) is 0. The van der Waals surface area contributed by atoms with Crippen LogP contribution in [0.1, 0.15) is 16.1 Å². The van der Waals surface area contributed by atoms with E-state index in [1.807, 2.05) is 36.4 Å². The van der Waals surface area contributed by atoms with Crippen LogP contribution in [0.25, 0.3) is 16.8 Å². The van der Waals surface area contributed by atoms with Gasteiger partial charge in [0.25, 0.3) is 0 Å². The molecule has 0 amide bonds. The number of aromatic nitrogens is 2. The second-order valence-electron chi connectivity index (χ2n) is 4.36. The second-order valence-corrected chi connectivity index (χ2v) is 4.36. The van der Waals surface area contributed by atoms with Gasteiger partial charge in [0.05, 0.1) is 6.20 Å². The highest BCUT2D eigenvalue weighted by molar-refractivity contribution is 6.06. The average Bonchev–Trinajstić information content (AvgIpc) is 2.53. The SMILES string of the molecule is O=C(/C=C/c1cccc2ccccc12)c1cnccn1. The van der Waals surface area contributed by atoms with E-state index in [2.05, 4.69) is 22.1 Å². The number of hydrogen-bond donors (Lipinski definition) is 0. The first-order valence-electron chi connectivity index (χ1n) is 6.31. The predicted molar refractivity (Wildman–Crippen MR) is 79.3 cm³/mol. The maximum Gasteiger partial charge on any atom is 0.205 e. The molecule has 0 unspecified atom stereocenters. The number of carbonyl (C=O) groups excluding carboxylic acids is 1. The number of fused-ring (bicyclic) bond motifs is 1. The molecule has 0 saturated carbocycles. The molecule has 3 aromatic rings. The minimum Gasteiger partial charge on any atom is -0.287 e. The van der Waals surface area contributed by atoms with E-state index in [9.17, 15) is 4.79 Å². The van der Waals surface area contributed by atoms with Crippen LogP contribution in [0.2, 0.25) is 0 Å². The minimum atomic E-state index is -0.147. The molecule has 0 fully saturated rings. The summed E-state index contributed by atoms with van der Waals surface area (Å²) in [6.45, 7) is 0. The first kappa shape index (κ1) is 12.2. The standard InChI is InChI=1S/C17H12N2O/c20-17(16-12-18-10-11-19-16)9-8-14-6-3-5-13-4-1-2-7-15(13)14/h1-12H/b9-8+. The van der Waals surface area contributed by atoms with Crippen LogP contribution in [-0.2, 0) is 0 Å². The molecule has 3 rings (SSSR count). The maximum atomic E-state index is 12.0. The lowest BCUT2D eigenvalue weighted by atomic mass is 10.0. The Morgan fingerprint density at radius 1 is 1.00 bits per heavy atom. The molecule has 2 aromatic carbocycles. The van der Waals surface area contributed by atoms with Crippen LogP contribution in [0.4, 0.5) is 0 Å². The smallest absolute Gasteiger partial charge is 0.205 e. The molecule has 0 atom stereocenters. The zero-order chi connectivity index (χ0) is 13.8. The number of hydrogen-bond acceptors (Lipinski definition) is 3. The largest absolute Gasteiger partial charge is 0.287 e. The summed E-state index contributed by atoms with van der Waals surface area (Å²) in [5, 5.41) is 2.28. The number of ketones is 1. The number of allylic oxidation sites excluding steroid dienone is 1. The number of rotatable bonds is 3. The van der Waals surface area contributed by atoms with E-state index >= 15 is 0 Å². The molecule has 0 radical (unpaired) electrons. The molecule has 1 heterocycles. The van der Waals surface area contributed by atoms with Gasteiger partial charge in [0, 0.05) is 12.4 Å². The van der Waals surface area contributed by atoms with Gasteiger partial charge in [-0.2, -0.15) is 0 Å². The van der Waals surface area contributed by atoms with Gasteiger partial charge in [0.2, 0.25) is 5.78 Å². The Bertz CT molecular complexity index is 774. The maximum absolute atomic E-state index is 12.0. The molecule has 0 saturated heterocycles. The highest BCUT2D eigenvalue weighted by Crippen LogP contribution is 2.19. The topological polar surface area (TPSA) is 42.9 Å². The summed E-state index contributed by atoms with van der Waals surface area (Å²) in [5.41, 5.74) is 1.37. The van der Waals surface area contributed by atoms with Gasteiger partial charge in [0.15, 0.2) is 0 Å². The molecule has 0 aliphatic heterocycles. The summed E-state index contributed by atoms with van der Waals surface area (Å²) in [6.07, 6.45) is 7.88. The Hall–Kier alpha value is -2.81. The lowest BCUT2D eigenvalue weighted by Crippen LogP contribution is -1.98. The first-order chi connectivity index (χ1) is 9.84. The molecule has 3 nitrogen and oxygen atoms in total. The molecule has 3 heteroatoms. The van der Waals surface area contributed by atoms with Gasteiger partial charge in [-0.3, -0.25) is 9.78 Å². The van der Waals surface area contributed by atoms with Gasteiger partial charge in [-0.25, -0.2) is 4.98 Å². The molecule has 20 heavy (non-hydrogen) atoms. The summed E-state index contributed by atoms with van der Waals surface area (Å²) in [7, 11) is 0. The van der Waals surface area contributed by atoms with Crippen molar-refractivity contribution in [3.63, 3.8) is 0 Å². The summed E-state index contributed by atoms with van der Waals surface area (Å²) in [6, 6.07) is 14.1. The van der Waals surface area contributed by atoms with Crippen LogP contribution in [0.15, 0.2) is 67.1 Å². The van der Waals surface area contributed by atoms with Crippen LogP contribution in [-0.4, -0.2) is 15.8 Å². The van der Waals surface area contributed by atoms with Crippen molar-refractivity contribution < 1.29 is 4.79 Å². The quantitative estimate of drug-likeness (QED) is 0.534. The summed E-state index contributed by atoms with van der Waals surface area (Å²) in [5.74, 6) is -0.147. The Morgan fingerprint density at radius 2 is 1.85 bits per heavy atom. The van der Waals surface area contributed by atoms with Crippen molar-refractivity contribution in [2.24, 2.45) is 0 Å². The third-order valence-electron chi connectivity index (χ3n) is 3.05. The lowest BCUT2D eigenvalue weighted by molar-refractivity contribution is 0.104. The van der Waals surface area contributed by atoms with E-state index < -0.39 is 0 Å². The van der Waals surface area contributed by atoms with Crippen molar-refractivity contribution in [3.05, 3.63) is 78.4 Å². The van der Waals surface area contributed by atoms with E-state index in [0.717, 1.165) is 16.3 Å². The average molecular weight is 260 g/mol. The number of carbonyl (C=O) groups is 1. The van der Waals surface area contributed by atoms with Crippen LogP contribution in [0.5, 0.6) is 0 Å². The lowest BCUT2D eigenvalue weighted by Gasteiger charge is -2.01. The van der Waals surface area contributed by atoms with E-state index in [4.69, 9.17) is 0 Å². The van der Waals surface area contributed by atoms with E-state index in [0.29, 0.717) is 5.69 Å². The molecule has 0 N–H and O–H groups in total. The Kier molecular flexibility index (Phi) is 3.33. The Balaban J connectivity index is 1.94. The van der Waals surface area contributed by atoms with Crippen molar-refractivity contribution in [1.82, 2.24) is 9.97 Å². The van der Waals surface area contributed by atoms with Crippen LogP contribution >= 0.6 is 0 Å². The molecule has 0 aliphatic rings. The Morgan fingerprint density at radius 3 is 2.70 bits per heavy atom. The molecule has 0 bridgehead atoms. The van der Waals surface area contributed by atoms with E-state index in [1.54, 1.807) is 6.20 Å². The van der Waals surface area contributed by atoms with E-state index in [-0.39, 0.29) is 5.78 Å². The third kappa shape index (κ3) is 2.47. The van der Waals surface area contributed by atoms with Crippen LogP contribution < -0.4 is 0 Å². The van der Waals surface area contributed by atoms with Crippen molar-refractivity contribution in [2.75, 3.05) is 0 Å². The molecule has 0 spiro atoms. The number of benzene rings is 2. The van der Waals surface area contributed by atoms with Gasteiger partial charge < -0.3 is 0 Å². The van der Waals surface area contributed by atoms with Crippen LogP contribution in [0, 0.1) is 0 Å². The van der Waals surface area contributed by atoms with Gasteiger partial charge in [-0.05, 0) is 22.4 Å². The third-order valence-corrected chi connectivity index (χ3v) is 3.05. The van der Waals surface area contributed by atoms with Crippen molar-refractivity contribution in [1.29, 1.82) is 0 Å². The van der Waals surface area contributed by atoms with Gasteiger partial charge in [-0.15, -0.1) is 0 Å².